The molecule has 1 atom stereocenters. The molecule has 0 aliphatic rings. The summed E-state index contributed by atoms with van der Waals surface area (Å²) in [6.45, 7) is 0.619. The van der Waals surface area contributed by atoms with E-state index in [9.17, 15) is 14.4 Å². The smallest absolute Gasteiger partial charge is 0.323 e. The Hall–Kier alpha value is -1.59. The van der Waals surface area contributed by atoms with E-state index in [1.165, 1.54) is 0 Å². The molecule has 0 aliphatic carbocycles. The zero-order chi connectivity index (χ0) is 10.4. The summed E-state index contributed by atoms with van der Waals surface area (Å²) in [5.74, 6) is -4.41. The van der Waals surface area contributed by atoms with Crippen LogP contribution in [0.15, 0.2) is 0 Å². The van der Waals surface area contributed by atoms with E-state index in [2.05, 4.69) is 9.47 Å². The maximum atomic E-state index is 10.8. The minimum absolute atomic E-state index is 0.503. The van der Waals surface area contributed by atoms with Crippen LogP contribution in [0.2, 0.25) is 0 Å². The first-order valence-corrected chi connectivity index (χ1v) is 3.43. The molecule has 0 amide bonds. The van der Waals surface area contributed by atoms with Gasteiger partial charge in [0.15, 0.2) is 5.92 Å². The highest BCUT2D eigenvalue weighted by atomic mass is 16.5. The van der Waals surface area contributed by atoms with Crippen LogP contribution < -0.4 is 0 Å². The number of carboxylic acid groups (broad SMARTS) is 1. The monoisotopic (exact) mass is 190 g/mol. The molecular formula is C7H10O6. The molecular weight excluding hydrogens is 180 g/mol. The minimum Gasteiger partial charge on any atom is -0.481 e. The van der Waals surface area contributed by atoms with E-state index in [0.29, 0.717) is 0 Å². The molecule has 1 N–H and O–H groups in total. The van der Waals surface area contributed by atoms with Gasteiger partial charge in [-0.3, -0.25) is 14.4 Å². The third-order valence-electron chi connectivity index (χ3n) is 1.24. The SMILES string of the molecule is COC(=O)[C@@H](COC(C)=O)C(=O)O. The minimum atomic E-state index is -1.45. The van der Waals surface area contributed by atoms with Gasteiger partial charge in [0, 0.05) is 6.92 Å². The van der Waals surface area contributed by atoms with Crippen LogP contribution in [0.4, 0.5) is 0 Å². The maximum absolute atomic E-state index is 10.8. The molecule has 0 radical (unpaired) electrons. The molecule has 0 aromatic rings. The molecule has 6 heteroatoms. The third kappa shape index (κ3) is 4.09. The summed E-state index contributed by atoms with van der Waals surface area (Å²) < 4.78 is 8.56. The summed E-state index contributed by atoms with van der Waals surface area (Å²) in [4.78, 5) is 31.5. The summed E-state index contributed by atoms with van der Waals surface area (Å²) in [5.41, 5.74) is 0. The molecule has 0 unspecified atom stereocenters. The van der Waals surface area contributed by atoms with E-state index >= 15 is 0 Å². The zero-order valence-electron chi connectivity index (χ0n) is 7.27. The average Bonchev–Trinajstić information content (AvgIpc) is 2.03. The first-order valence-electron chi connectivity index (χ1n) is 3.43. The second kappa shape index (κ2) is 5.13. The second-order valence-electron chi connectivity index (χ2n) is 2.22. The molecule has 0 saturated carbocycles. The Morgan fingerprint density at radius 3 is 2.23 bits per heavy atom. The van der Waals surface area contributed by atoms with Crippen molar-refractivity contribution in [3.05, 3.63) is 0 Å². The maximum Gasteiger partial charge on any atom is 0.323 e. The number of esters is 2. The van der Waals surface area contributed by atoms with Gasteiger partial charge in [-0.1, -0.05) is 0 Å². The van der Waals surface area contributed by atoms with E-state index < -0.39 is 30.4 Å². The highest BCUT2D eigenvalue weighted by Gasteiger charge is 2.28. The van der Waals surface area contributed by atoms with Gasteiger partial charge in [0.1, 0.15) is 6.61 Å². The summed E-state index contributed by atoms with van der Waals surface area (Å²) in [6, 6.07) is 0. The van der Waals surface area contributed by atoms with Gasteiger partial charge in [-0.15, -0.1) is 0 Å². The quantitative estimate of drug-likeness (QED) is 0.471. The second-order valence-corrected chi connectivity index (χ2v) is 2.22. The van der Waals surface area contributed by atoms with E-state index in [0.717, 1.165) is 14.0 Å². The van der Waals surface area contributed by atoms with Gasteiger partial charge in [-0.05, 0) is 0 Å². The van der Waals surface area contributed by atoms with Crippen LogP contribution in [0.25, 0.3) is 0 Å². The normalized spacial score (nSPS) is 11.5. The Morgan fingerprint density at radius 1 is 1.38 bits per heavy atom. The molecule has 6 nitrogen and oxygen atoms in total. The topological polar surface area (TPSA) is 89.9 Å². The first-order chi connectivity index (χ1) is 5.99. The van der Waals surface area contributed by atoms with Gasteiger partial charge >= 0.3 is 17.9 Å². The Morgan fingerprint density at radius 2 is 1.92 bits per heavy atom. The number of rotatable bonds is 4. The molecule has 0 heterocycles. The summed E-state index contributed by atoms with van der Waals surface area (Å²) in [6.07, 6.45) is 0. The Balaban J connectivity index is 4.18. The lowest BCUT2D eigenvalue weighted by Gasteiger charge is -2.08. The Kier molecular flexibility index (Phi) is 4.50. The summed E-state index contributed by atoms with van der Waals surface area (Å²) in [7, 11) is 1.06. The van der Waals surface area contributed by atoms with Gasteiger partial charge < -0.3 is 14.6 Å². The summed E-state index contributed by atoms with van der Waals surface area (Å²) >= 11 is 0. The van der Waals surface area contributed by atoms with Crippen LogP contribution in [0, 0.1) is 5.92 Å². The van der Waals surface area contributed by atoms with E-state index in [4.69, 9.17) is 5.11 Å². The van der Waals surface area contributed by atoms with Crippen molar-refractivity contribution in [3.8, 4) is 0 Å². The first kappa shape index (κ1) is 11.4. The highest BCUT2D eigenvalue weighted by Crippen LogP contribution is 2.00. The van der Waals surface area contributed by atoms with Crippen LogP contribution in [-0.4, -0.2) is 36.7 Å². The van der Waals surface area contributed by atoms with Crippen LogP contribution >= 0.6 is 0 Å². The number of carboxylic acids is 1. The zero-order valence-corrected chi connectivity index (χ0v) is 7.27. The largest absolute Gasteiger partial charge is 0.481 e. The fraction of sp³-hybridized carbons (Fsp3) is 0.571. The lowest BCUT2D eigenvalue weighted by Crippen LogP contribution is -2.30. The molecule has 0 fully saturated rings. The number of hydrogen-bond acceptors (Lipinski definition) is 5. The van der Waals surface area contributed by atoms with Crippen LogP contribution in [-0.2, 0) is 23.9 Å². The van der Waals surface area contributed by atoms with Crippen molar-refractivity contribution in [2.24, 2.45) is 5.92 Å². The lowest BCUT2D eigenvalue weighted by atomic mass is 10.2. The molecule has 0 saturated heterocycles. The number of methoxy groups -OCH3 is 1. The molecule has 0 aromatic heterocycles. The number of ether oxygens (including phenoxy) is 2. The van der Waals surface area contributed by atoms with Crippen molar-refractivity contribution in [1.29, 1.82) is 0 Å². The van der Waals surface area contributed by atoms with Gasteiger partial charge in [-0.25, -0.2) is 0 Å². The molecule has 0 aromatic carbocycles. The van der Waals surface area contributed by atoms with Crippen LogP contribution in [0.3, 0.4) is 0 Å². The van der Waals surface area contributed by atoms with Crippen molar-refractivity contribution < 1.29 is 29.0 Å². The number of hydrogen-bond donors (Lipinski definition) is 1. The van der Waals surface area contributed by atoms with Crippen LogP contribution in [0.1, 0.15) is 6.92 Å². The van der Waals surface area contributed by atoms with Gasteiger partial charge in [-0.2, -0.15) is 0 Å². The number of aliphatic carboxylic acids is 1. The molecule has 0 spiro atoms. The Labute approximate surface area is 74.4 Å². The molecule has 13 heavy (non-hydrogen) atoms. The average molecular weight is 190 g/mol. The van der Waals surface area contributed by atoms with Crippen molar-refractivity contribution in [2.45, 2.75) is 6.92 Å². The fourth-order valence-electron chi connectivity index (χ4n) is 0.583. The molecule has 0 bridgehead atoms. The van der Waals surface area contributed by atoms with Gasteiger partial charge in [0.2, 0.25) is 0 Å². The van der Waals surface area contributed by atoms with E-state index in [-0.39, 0.29) is 0 Å². The molecule has 0 aliphatic heterocycles. The van der Waals surface area contributed by atoms with Crippen molar-refractivity contribution in [2.75, 3.05) is 13.7 Å². The highest BCUT2D eigenvalue weighted by molar-refractivity contribution is 5.94. The number of carbonyl (C=O) groups is 3. The molecule has 0 rings (SSSR count). The van der Waals surface area contributed by atoms with Crippen molar-refractivity contribution >= 4 is 17.9 Å². The predicted octanol–water partition coefficient (Wildman–Crippen LogP) is -0.577. The predicted molar refractivity (Wildman–Crippen MR) is 39.8 cm³/mol. The number of carbonyl (C=O) groups excluding carboxylic acids is 2. The Bertz CT molecular complexity index is 221. The summed E-state index contributed by atoms with van der Waals surface area (Å²) in [5, 5.41) is 8.50. The van der Waals surface area contributed by atoms with Crippen molar-refractivity contribution in [1.82, 2.24) is 0 Å². The van der Waals surface area contributed by atoms with E-state index in [1.54, 1.807) is 0 Å². The fourth-order valence-corrected chi connectivity index (χ4v) is 0.583. The van der Waals surface area contributed by atoms with Gasteiger partial charge in [0.25, 0.3) is 0 Å². The lowest BCUT2D eigenvalue weighted by molar-refractivity contribution is -0.161. The third-order valence-corrected chi connectivity index (χ3v) is 1.24. The van der Waals surface area contributed by atoms with Gasteiger partial charge in [0.05, 0.1) is 7.11 Å². The van der Waals surface area contributed by atoms with E-state index in [1.807, 2.05) is 0 Å². The van der Waals surface area contributed by atoms with Crippen molar-refractivity contribution in [3.63, 3.8) is 0 Å². The standard InChI is InChI=1S/C7H10O6/c1-4(8)13-3-5(6(9)10)7(11)12-2/h5H,3H2,1-2H3,(H,9,10)/t5-/m0/s1. The molecule has 74 valence electrons. The van der Waals surface area contributed by atoms with Crippen LogP contribution in [0.5, 0.6) is 0 Å².